The third-order valence-corrected chi connectivity index (χ3v) is 1.79. The van der Waals surface area contributed by atoms with Crippen molar-refractivity contribution < 1.29 is 4.74 Å². The van der Waals surface area contributed by atoms with E-state index in [4.69, 9.17) is 10.5 Å². The fraction of sp³-hybridized carbons (Fsp3) is 0.600. The van der Waals surface area contributed by atoms with Crippen molar-refractivity contribution in [3.63, 3.8) is 0 Å². The summed E-state index contributed by atoms with van der Waals surface area (Å²) in [5.41, 5.74) is 5.30. The number of nitrogens with zero attached hydrogens (tertiary/aromatic N) is 2. The van der Waals surface area contributed by atoms with Crippen LogP contribution in [0.25, 0.3) is 0 Å². The van der Waals surface area contributed by atoms with Gasteiger partial charge in [0.25, 0.3) is 0 Å². The molecule has 0 aromatic carbocycles. The van der Waals surface area contributed by atoms with Crippen LogP contribution in [0.15, 0.2) is 0 Å². The average Bonchev–Trinajstić information content (AvgIpc) is 2.31. The predicted molar refractivity (Wildman–Crippen MR) is 39.9 cm³/mol. The summed E-state index contributed by atoms with van der Waals surface area (Å²) in [6, 6.07) is 0. The van der Waals surface area contributed by atoms with E-state index in [2.05, 4.69) is 9.36 Å². The number of methoxy groups -OCH3 is 1. The molecule has 0 spiro atoms. The Morgan fingerprint density at radius 1 is 1.70 bits per heavy atom. The molecule has 10 heavy (non-hydrogen) atoms. The first-order valence-corrected chi connectivity index (χ1v) is 3.67. The second kappa shape index (κ2) is 3.48. The first-order valence-electron chi connectivity index (χ1n) is 2.90. The second-order valence-electron chi connectivity index (χ2n) is 1.79. The summed E-state index contributed by atoms with van der Waals surface area (Å²) < 4.78 is 8.68. The summed E-state index contributed by atoms with van der Waals surface area (Å²) in [5.74, 6) is 0.358. The van der Waals surface area contributed by atoms with Crippen LogP contribution >= 0.6 is 11.5 Å². The lowest BCUT2D eigenvalue weighted by atomic mass is 10.5. The second-order valence-corrected chi connectivity index (χ2v) is 2.63. The number of hydrogen-bond donors (Lipinski definition) is 1. The molecule has 1 aromatic heterocycles. The van der Waals surface area contributed by atoms with Crippen LogP contribution in [0, 0.1) is 0 Å². The summed E-state index contributed by atoms with van der Waals surface area (Å²) in [4.78, 5) is 3.95. The van der Waals surface area contributed by atoms with E-state index in [1.807, 2.05) is 0 Å². The lowest BCUT2D eigenvalue weighted by Crippen LogP contribution is -1.94. The molecular formula is C5H9N3OS. The summed E-state index contributed by atoms with van der Waals surface area (Å²) >= 11 is 1.32. The molecule has 0 aliphatic heterocycles. The minimum Gasteiger partial charge on any atom is -0.384 e. The van der Waals surface area contributed by atoms with Crippen LogP contribution in [0.4, 0.5) is 5.95 Å². The number of aromatic nitrogens is 2. The summed E-state index contributed by atoms with van der Waals surface area (Å²) in [7, 11) is 1.66. The molecule has 0 atom stereocenters. The summed E-state index contributed by atoms with van der Waals surface area (Å²) in [5, 5.41) is 0.930. The van der Waals surface area contributed by atoms with Gasteiger partial charge in [-0.3, -0.25) is 0 Å². The minimum atomic E-state index is 0.358. The summed E-state index contributed by atoms with van der Waals surface area (Å²) in [6.07, 6.45) is 0.797. The van der Waals surface area contributed by atoms with Crippen LogP contribution in [0.3, 0.4) is 0 Å². The molecule has 1 rings (SSSR count). The Labute approximate surface area is 63.2 Å². The van der Waals surface area contributed by atoms with Gasteiger partial charge in [-0.25, -0.2) is 4.98 Å². The van der Waals surface area contributed by atoms with Crippen molar-refractivity contribution in [3.8, 4) is 0 Å². The van der Waals surface area contributed by atoms with Gasteiger partial charge in [0.05, 0.1) is 6.61 Å². The van der Waals surface area contributed by atoms with Crippen molar-refractivity contribution in [1.82, 2.24) is 9.36 Å². The van der Waals surface area contributed by atoms with Crippen LogP contribution in [0.5, 0.6) is 0 Å². The maximum atomic E-state index is 5.30. The van der Waals surface area contributed by atoms with Crippen LogP contribution < -0.4 is 5.73 Å². The van der Waals surface area contributed by atoms with Crippen molar-refractivity contribution >= 4 is 17.5 Å². The van der Waals surface area contributed by atoms with Gasteiger partial charge in [0.15, 0.2) is 0 Å². The van der Waals surface area contributed by atoms with Gasteiger partial charge < -0.3 is 10.5 Å². The highest BCUT2D eigenvalue weighted by Crippen LogP contribution is 2.05. The predicted octanol–water partition coefficient (Wildman–Crippen LogP) is 0.309. The van der Waals surface area contributed by atoms with Crippen molar-refractivity contribution in [2.75, 3.05) is 19.5 Å². The van der Waals surface area contributed by atoms with Gasteiger partial charge in [0.2, 0.25) is 5.95 Å². The molecule has 0 fully saturated rings. The Bertz CT molecular complexity index is 201. The standard InChI is InChI=1S/C5H9N3OS/c1-9-3-2-4-7-5(6)8-10-4/h2-3H2,1H3,(H2,6,8). The number of nitrogen functional groups attached to an aromatic ring is 1. The van der Waals surface area contributed by atoms with E-state index >= 15 is 0 Å². The molecule has 0 unspecified atom stereocenters. The lowest BCUT2D eigenvalue weighted by Gasteiger charge is -1.90. The summed E-state index contributed by atoms with van der Waals surface area (Å²) in [6.45, 7) is 0.675. The molecule has 1 aromatic rings. The van der Waals surface area contributed by atoms with Crippen molar-refractivity contribution in [3.05, 3.63) is 5.01 Å². The zero-order chi connectivity index (χ0) is 7.40. The van der Waals surface area contributed by atoms with E-state index in [1.54, 1.807) is 7.11 Å². The Hall–Kier alpha value is -0.680. The van der Waals surface area contributed by atoms with E-state index in [-0.39, 0.29) is 0 Å². The van der Waals surface area contributed by atoms with Gasteiger partial charge in [0.1, 0.15) is 5.01 Å². The number of nitrogens with two attached hydrogens (primary N) is 1. The van der Waals surface area contributed by atoms with Gasteiger partial charge in [-0.2, -0.15) is 4.37 Å². The normalized spacial score (nSPS) is 10.1. The Morgan fingerprint density at radius 2 is 2.50 bits per heavy atom. The smallest absolute Gasteiger partial charge is 0.232 e. The molecule has 5 heteroatoms. The minimum absolute atomic E-state index is 0.358. The zero-order valence-corrected chi connectivity index (χ0v) is 6.52. The third kappa shape index (κ3) is 1.93. The zero-order valence-electron chi connectivity index (χ0n) is 5.70. The molecule has 0 saturated heterocycles. The number of hydrogen-bond acceptors (Lipinski definition) is 5. The average molecular weight is 159 g/mol. The Balaban J connectivity index is 2.42. The highest BCUT2D eigenvalue weighted by Gasteiger charge is 1.98. The van der Waals surface area contributed by atoms with Crippen LogP contribution in [-0.4, -0.2) is 23.1 Å². The SMILES string of the molecule is COCCc1nc(N)ns1. The molecule has 0 radical (unpaired) electrons. The van der Waals surface area contributed by atoms with Crippen molar-refractivity contribution in [2.24, 2.45) is 0 Å². The molecule has 1 heterocycles. The topological polar surface area (TPSA) is 61.0 Å². The monoisotopic (exact) mass is 159 g/mol. The molecule has 0 bridgehead atoms. The third-order valence-electron chi connectivity index (χ3n) is 1.00. The molecule has 0 amide bonds. The molecule has 0 saturated carbocycles. The van der Waals surface area contributed by atoms with E-state index in [1.165, 1.54) is 11.5 Å². The highest BCUT2D eigenvalue weighted by molar-refractivity contribution is 7.05. The van der Waals surface area contributed by atoms with Gasteiger partial charge in [-0.15, -0.1) is 0 Å². The van der Waals surface area contributed by atoms with E-state index in [0.29, 0.717) is 12.6 Å². The largest absolute Gasteiger partial charge is 0.384 e. The van der Waals surface area contributed by atoms with Crippen LogP contribution in [0.1, 0.15) is 5.01 Å². The van der Waals surface area contributed by atoms with E-state index in [0.717, 1.165) is 11.4 Å². The molecule has 4 nitrogen and oxygen atoms in total. The lowest BCUT2D eigenvalue weighted by molar-refractivity contribution is 0.202. The van der Waals surface area contributed by atoms with Crippen molar-refractivity contribution in [2.45, 2.75) is 6.42 Å². The van der Waals surface area contributed by atoms with Gasteiger partial charge in [-0.05, 0) is 11.5 Å². The van der Waals surface area contributed by atoms with Crippen molar-refractivity contribution in [1.29, 1.82) is 0 Å². The molecule has 0 aliphatic rings. The molecule has 0 aliphatic carbocycles. The number of ether oxygens (including phenoxy) is 1. The molecule has 2 N–H and O–H groups in total. The highest BCUT2D eigenvalue weighted by atomic mass is 32.1. The fourth-order valence-electron chi connectivity index (χ4n) is 0.559. The van der Waals surface area contributed by atoms with Crippen LogP contribution in [0.2, 0.25) is 0 Å². The molecular weight excluding hydrogens is 150 g/mol. The van der Waals surface area contributed by atoms with E-state index < -0.39 is 0 Å². The van der Waals surface area contributed by atoms with E-state index in [9.17, 15) is 0 Å². The van der Waals surface area contributed by atoms with Gasteiger partial charge in [-0.1, -0.05) is 0 Å². The maximum absolute atomic E-state index is 5.30. The number of rotatable bonds is 3. The van der Waals surface area contributed by atoms with Gasteiger partial charge >= 0.3 is 0 Å². The quantitative estimate of drug-likeness (QED) is 0.689. The maximum Gasteiger partial charge on any atom is 0.232 e. The fourth-order valence-corrected chi connectivity index (χ4v) is 1.11. The first kappa shape index (κ1) is 7.43. The number of anilines is 1. The van der Waals surface area contributed by atoms with Gasteiger partial charge in [0, 0.05) is 13.5 Å². The molecule has 56 valence electrons. The Kier molecular flexibility index (Phi) is 2.58. The Morgan fingerprint density at radius 3 is 3.00 bits per heavy atom. The van der Waals surface area contributed by atoms with Crippen LogP contribution in [-0.2, 0) is 11.2 Å². The first-order chi connectivity index (χ1) is 4.83.